The van der Waals surface area contributed by atoms with E-state index in [1.807, 2.05) is 26.0 Å². The highest BCUT2D eigenvalue weighted by Crippen LogP contribution is 2.17. The van der Waals surface area contributed by atoms with Gasteiger partial charge < -0.3 is 10.2 Å². The van der Waals surface area contributed by atoms with Gasteiger partial charge in [0.05, 0.1) is 4.90 Å². The fourth-order valence-corrected chi connectivity index (χ4v) is 4.68. The summed E-state index contributed by atoms with van der Waals surface area (Å²) < 4.78 is 26.7. The Morgan fingerprint density at radius 2 is 1.65 bits per heavy atom. The molecule has 0 aliphatic rings. The van der Waals surface area contributed by atoms with Crippen LogP contribution in [0, 0.1) is 0 Å². The Kier molecular flexibility index (Phi) is 10.5. The number of hydrogen-bond donors (Lipinski definition) is 1. The fourth-order valence-electron chi connectivity index (χ4n) is 3.32. The van der Waals surface area contributed by atoms with Crippen LogP contribution in [0.1, 0.15) is 45.6 Å². The smallest absolute Gasteiger partial charge is 0.242 e. The van der Waals surface area contributed by atoms with Crippen LogP contribution in [0.4, 0.5) is 0 Å². The number of carbonyl (C=O) groups excluding carboxylic acids is 2. The van der Waals surface area contributed by atoms with E-state index in [0.29, 0.717) is 11.4 Å². The first-order valence-electron chi connectivity index (χ1n) is 11.4. The molecule has 2 atom stereocenters. The molecule has 0 unspecified atom stereocenters. The van der Waals surface area contributed by atoms with Crippen LogP contribution in [0.5, 0.6) is 0 Å². The fraction of sp³-hybridized carbons (Fsp3) is 0.440. The number of sulfonamides is 1. The molecule has 7 nitrogen and oxygen atoms in total. The number of hydrogen-bond acceptors (Lipinski definition) is 4. The summed E-state index contributed by atoms with van der Waals surface area (Å²) in [5.41, 5.74) is 0.852. The highest BCUT2D eigenvalue weighted by atomic mass is 35.5. The second-order valence-corrected chi connectivity index (χ2v) is 10.9. The number of halogens is 1. The van der Waals surface area contributed by atoms with Gasteiger partial charge in [-0.15, -0.1) is 0 Å². The summed E-state index contributed by atoms with van der Waals surface area (Å²) in [6, 6.07) is 14.6. The lowest BCUT2D eigenvalue weighted by molar-refractivity contribution is -0.141. The van der Waals surface area contributed by atoms with Crippen molar-refractivity contribution in [2.24, 2.45) is 0 Å². The van der Waals surface area contributed by atoms with Crippen LogP contribution in [-0.2, 0) is 26.2 Å². The monoisotopic (exact) mass is 507 g/mol. The Morgan fingerprint density at radius 1 is 1.03 bits per heavy atom. The van der Waals surface area contributed by atoms with Crippen molar-refractivity contribution in [3.05, 3.63) is 65.2 Å². The van der Waals surface area contributed by atoms with E-state index < -0.39 is 16.1 Å². The summed E-state index contributed by atoms with van der Waals surface area (Å²) in [6.45, 7) is 6.04. The third-order valence-corrected chi connectivity index (χ3v) is 7.87. The number of carbonyl (C=O) groups is 2. The molecule has 9 heteroatoms. The van der Waals surface area contributed by atoms with Gasteiger partial charge in [-0.2, -0.15) is 0 Å². The number of nitrogens with one attached hydrogen (secondary N) is 1. The minimum absolute atomic E-state index is 0.000670. The van der Waals surface area contributed by atoms with Crippen LogP contribution < -0.4 is 5.32 Å². The van der Waals surface area contributed by atoms with Crippen molar-refractivity contribution in [2.75, 3.05) is 13.6 Å². The van der Waals surface area contributed by atoms with Gasteiger partial charge in [0.25, 0.3) is 0 Å². The van der Waals surface area contributed by atoms with Crippen molar-refractivity contribution in [3.63, 3.8) is 0 Å². The van der Waals surface area contributed by atoms with Gasteiger partial charge in [0, 0.05) is 37.6 Å². The van der Waals surface area contributed by atoms with Crippen LogP contribution >= 0.6 is 11.6 Å². The first kappa shape index (κ1) is 27.8. The average molecular weight is 508 g/mol. The normalized spacial score (nSPS) is 13.4. The van der Waals surface area contributed by atoms with Gasteiger partial charge in [-0.25, -0.2) is 12.7 Å². The molecule has 0 saturated carbocycles. The molecule has 2 aromatic rings. The Bertz CT molecular complexity index is 1050. The Morgan fingerprint density at radius 3 is 2.24 bits per heavy atom. The molecule has 2 aromatic carbocycles. The summed E-state index contributed by atoms with van der Waals surface area (Å²) in [5, 5.41) is 3.52. The molecular formula is C25H34ClN3O4S. The molecule has 0 fully saturated rings. The molecule has 0 radical (unpaired) electrons. The van der Waals surface area contributed by atoms with E-state index in [1.54, 1.807) is 49.4 Å². The standard InChI is InChI=1S/C25H34ClN3O4S/c1-5-19(2)27-25(31)20(3)29(18-21-13-15-22(26)16-14-21)24(30)12-9-17-28(4)34(32,33)23-10-7-6-8-11-23/h6-8,10-11,13-16,19-20H,5,9,12,17-18H2,1-4H3,(H,27,31)/t19-,20+/m1/s1. The maximum Gasteiger partial charge on any atom is 0.242 e. The number of rotatable bonds is 12. The molecule has 2 amide bonds. The van der Waals surface area contributed by atoms with Gasteiger partial charge in [-0.3, -0.25) is 9.59 Å². The van der Waals surface area contributed by atoms with Gasteiger partial charge in [0.1, 0.15) is 6.04 Å². The third-order valence-electron chi connectivity index (χ3n) is 5.75. The predicted octanol–water partition coefficient (Wildman–Crippen LogP) is 4.07. The quantitative estimate of drug-likeness (QED) is 0.469. The van der Waals surface area contributed by atoms with Gasteiger partial charge >= 0.3 is 0 Å². The zero-order valence-electron chi connectivity index (χ0n) is 20.2. The summed E-state index contributed by atoms with van der Waals surface area (Å²) in [4.78, 5) is 27.7. The zero-order chi connectivity index (χ0) is 25.3. The number of amides is 2. The summed E-state index contributed by atoms with van der Waals surface area (Å²) in [5.74, 6) is -0.437. The molecule has 0 saturated heterocycles. The van der Waals surface area contributed by atoms with Crippen LogP contribution in [0.15, 0.2) is 59.5 Å². The van der Waals surface area contributed by atoms with E-state index >= 15 is 0 Å². The second-order valence-electron chi connectivity index (χ2n) is 8.39. The lowest BCUT2D eigenvalue weighted by Crippen LogP contribution is -2.49. The van der Waals surface area contributed by atoms with E-state index in [1.165, 1.54) is 16.3 Å². The molecule has 0 bridgehead atoms. The van der Waals surface area contributed by atoms with Gasteiger partial charge in [0.15, 0.2) is 0 Å². The van der Waals surface area contributed by atoms with E-state index in [9.17, 15) is 18.0 Å². The lowest BCUT2D eigenvalue weighted by Gasteiger charge is -2.30. The molecule has 0 aliphatic carbocycles. The SMILES string of the molecule is CC[C@@H](C)NC(=O)[C@H](C)N(Cc1ccc(Cl)cc1)C(=O)CCCN(C)S(=O)(=O)c1ccccc1. The van der Waals surface area contributed by atoms with E-state index in [-0.39, 0.29) is 42.3 Å². The highest BCUT2D eigenvalue weighted by Gasteiger charge is 2.27. The van der Waals surface area contributed by atoms with Crippen LogP contribution in [0.2, 0.25) is 5.02 Å². The predicted molar refractivity (Wildman–Crippen MR) is 135 cm³/mol. The minimum Gasteiger partial charge on any atom is -0.352 e. The van der Waals surface area contributed by atoms with Crippen molar-refractivity contribution in [3.8, 4) is 0 Å². The van der Waals surface area contributed by atoms with E-state index in [4.69, 9.17) is 11.6 Å². The summed E-state index contributed by atoms with van der Waals surface area (Å²) in [6.07, 6.45) is 1.23. The van der Waals surface area contributed by atoms with Crippen molar-refractivity contribution in [1.29, 1.82) is 0 Å². The molecular weight excluding hydrogens is 474 g/mol. The van der Waals surface area contributed by atoms with E-state index in [2.05, 4.69) is 5.32 Å². The minimum atomic E-state index is -3.62. The maximum absolute atomic E-state index is 13.2. The third kappa shape index (κ3) is 7.82. The molecule has 34 heavy (non-hydrogen) atoms. The van der Waals surface area contributed by atoms with Crippen LogP contribution in [-0.4, -0.2) is 55.1 Å². The Labute approximate surface area is 208 Å². The number of benzene rings is 2. The Hall–Kier alpha value is -2.42. The topological polar surface area (TPSA) is 86.8 Å². The zero-order valence-corrected chi connectivity index (χ0v) is 21.8. The van der Waals surface area contributed by atoms with Crippen molar-refractivity contribution < 1.29 is 18.0 Å². The molecule has 186 valence electrons. The van der Waals surface area contributed by atoms with E-state index in [0.717, 1.165) is 12.0 Å². The first-order valence-corrected chi connectivity index (χ1v) is 13.2. The highest BCUT2D eigenvalue weighted by molar-refractivity contribution is 7.89. The Balaban J connectivity index is 2.08. The average Bonchev–Trinajstić information content (AvgIpc) is 2.83. The lowest BCUT2D eigenvalue weighted by atomic mass is 10.1. The van der Waals surface area contributed by atoms with Crippen LogP contribution in [0.3, 0.4) is 0 Å². The van der Waals surface area contributed by atoms with Crippen molar-refractivity contribution in [2.45, 2.75) is 63.6 Å². The molecule has 0 heterocycles. The second kappa shape index (κ2) is 12.9. The van der Waals surface area contributed by atoms with Crippen molar-refractivity contribution >= 4 is 33.4 Å². The van der Waals surface area contributed by atoms with Gasteiger partial charge in [0.2, 0.25) is 21.8 Å². The molecule has 0 aliphatic heterocycles. The largest absolute Gasteiger partial charge is 0.352 e. The van der Waals surface area contributed by atoms with Crippen molar-refractivity contribution in [1.82, 2.24) is 14.5 Å². The summed E-state index contributed by atoms with van der Waals surface area (Å²) >= 11 is 5.98. The summed E-state index contributed by atoms with van der Waals surface area (Å²) in [7, 11) is -2.12. The maximum atomic E-state index is 13.2. The van der Waals surface area contributed by atoms with Gasteiger partial charge in [-0.1, -0.05) is 48.9 Å². The molecule has 0 aromatic heterocycles. The van der Waals surface area contributed by atoms with Crippen LogP contribution in [0.25, 0.3) is 0 Å². The molecule has 2 rings (SSSR count). The van der Waals surface area contributed by atoms with Gasteiger partial charge in [-0.05, 0) is 56.5 Å². The number of nitrogens with zero attached hydrogens (tertiary/aromatic N) is 2. The molecule has 0 spiro atoms. The first-order chi connectivity index (χ1) is 16.1. The molecule has 1 N–H and O–H groups in total.